The van der Waals surface area contributed by atoms with E-state index in [4.69, 9.17) is 10.2 Å². The second-order valence-electron chi connectivity index (χ2n) is 6.98. The predicted molar refractivity (Wildman–Crippen MR) is 119 cm³/mol. The van der Waals surface area contributed by atoms with E-state index in [1.807, 2.05) is 52.0 Å². The number of hydrogen-bond acceptors (Lipinski definition) is 2. The topological polar surface area (TPSA) is 40.5 Å². The molecule has 0 aliphatic heterocycles. The quantitative estimate of drug-likeness (QED) is 0.444. The van der Waals surface area contributed by atoms with Crippen LogP contribution in [0, 0.1) is 27.7 Å². The summed E-state index contributed by atoms with van der Waals surface area (Å²) in [6.45, 7) is 7.80. The van der Waals surface area contributed by atoms with Crippen LogP contribution in [0.4, 0.5) is 0 Å². The number of rotatable bonds is 0. The fourth-order valence-electron chi connectivity index (χ4n) is 2.74. The third-order valence-corrected chi connectivity index (χ3v) is 5.02. The van der Waals surface area contributed by atoms with Gasteiger partial charge in [-0.1, -0.05) is 54.7 Å². The number of hydrogen-bond donors (Lipinski definition) is 2. The van der Waals surface area contributed by atoms with Crippen LogP contribution in [0.3, 0.4) is 0 Å². The summed E-state index contributed by atoms with van der Waals surface area (Å²) in [5, 5.41) is 18.1. The van der Waals surface area contributed by atoms with Crippen LogP contribution < -0.4 is 0 Å². The number of halogens is 1. The fraction of sp³-hybridized carbons (Fsp3) is 0.455. The third kappa shape index (κ3) is 12.4. The SMILES string of the molecule is Cc1ccc(O)c(C)c1.Cc1ccc(O)c(C)c1.Cl.PC1CCCCC1.[Cr]. The molecule has 2 aromatic carbocycles. The molecular formula is C22H34ClCrO2P. The first-order valence-electron chi connectivity index (χ1n) is 9.07. The Bertz CT molecular complexity index is 609. The number of benzene rings is 2. The first-order chi connectivity index (χ1) is 11.8. The molecule has 1 saturated carbocycles. The van der Waals surface area contributed by atoms with Gasteiger partial charge in [0.1, 0.15) is 11.5 Å². The van der Waals surface area contributed by atoms with Crippen molar-refractivity contribution in [1.29, 1.82) is 0 Å². The predicted octanol–water partition coefficient (Wildman–Crippen LogP) is 6.63. The molecule has 2 N–H and O–H groups in total. The molecule has 0 radical (unpaired) electrons. The Kier molecular flexibility index (Phi) is 16.1. The molecule has 0 amide bonds. The molecule has 0 aromatic heterocycles. The Morgan fingerprint density at radius 3 is 1.33 bits per heavy atom. The normalized spacial score (nSPS) is 12.9. The Labute approximate surface area is 184 Å². The van der Waals surface area contributed by atoms with E-state index in [2.05, 4.69) is 9.24 Å². The van der Waals surface area contributed by atoms with E-state index in [-0.39, 0.29) is 29.8 Å². The Balaban J connectivity index is 0. The zero-order chi connectivity index (χ0) is 18.8. The van der Waals surface area contributed by atoms with Crippen molar-refractivity contribution in [2.75, 3.05) is 0 Å². The van der Waals surface area contributed by atoms with Gasteiger partial charge in [0, 0.05) is 17.4 Å². The van der Waals surface area contributed by atoms with Crippen LogP contribution in [0.25, 0.3) is 0 Å². The fourth-order valence-corrected chi connectivity index (χ4v) is 3.22. The number of phenolic OH excluding ortho intramolecular Hbond substituents is 2. The van der Waals surface area contributed by atoms with E-state index >= 15 is 0 Å². The first kappa shape index (κ1) is 28.5. The summed E-state index contributed by atoms with van der Waals surface area (Å²) in [4.78, 5) is 0. The minimum atomic E-state index is 0. The van der Waals surface area contributed by atoms with E-state index in [9.17, 15) is 0 Å². The summed E-state index contributed by atoms with van der Waals surface area (Å²) in [5.41, 5.74) is 5.20. The first-order valence-corrected chi connectivity index (χ1v) is 9.74. The van der Waals surface area contributed by atoms with Crippen molar-refractivity contribution in [3.8, 4) is 11.5 Å². The van der Waals surface area contributed by atoms with Crippen LogP contribution in [0.15, 0.2) is 36.4 Å². The van der Waals surface area contributed by atoms with Gasteiger partial charge in [0.25, 0.3) is 0 Å². The molecule has 1 atom stereocenters. The van der Waals surface area contributed by atoms with Crippen LogP contribution in [0.1, 0.15) is 54.4 Å². The second kappa shape index (κ2) is 15.2. The maximum atomic E-state index is 9.04. The van der Waals surface area contributed by atoms with Crippen molar-refractivity contribution in [3.63, 3.8) is 0 Å². The summed E-state index contributed by atoms with van der Waals surface area (Å²) in [6, 6.07) is 11.1. The maximum Gasteiger partial charge on any atom is 0.118 e. The maximum absolute atomic E-state index is 9.04. The monoisotopic (exact) mass is 448 g/mol. The van der Waals surface area contributed by atoms with E-state index < -0.39 is 0 Å². The van der Waals surface area contributed by atoms with Crippen LogP contribution in [-0.4, -0.2) is 15.9 Å². The average molecular weight is 449 g/mol. The minimum absolute atomic E-state index is 0. The molecular weight excluding hydrogens is 415 g/mol. The van der Waals surface area contributed by atoms with E-state index in [0.717, 1.165) is 16.8 Å². The molecule has 1 unspecified atom stereocenters. The average Bonchev–Trinajstić information content (AvgIpc) is 2.57. The molecule has 2 nitrogen and oxygen atoms in total. The summed E-state index contributed by atoms with van der Waals surface area (Å²) in [6.07, 6.45) is 7.31. The van der Waals surface area contributed by atoms with E-state index in [1.54, 1.807) is 12.1 Å². The molecule has 27 heavy (non-hydrogen) atoms. The Morgan fingerprint density at radius 1 is 0.741 bits per heavy atom. The van der Waals surface area contributed by atoms with Gasteiger partial charge in [0.2, 0.25) is 0 Å². The Morgan fingerprint density at radius 2 is 1.11 bits per heavy atom. The molecule has 1 fully saturated rings. The van der Waals surface area contributed by atoms with Crippen molar-refractivity contribution < 1.29 is 27.6 Å². The Hall–Kier alpha value is -0.708. The minimum Gasteiger partial charge on any atom is -0.508 e. The molecule has 1 aliphatic carbocycles. The van der Waals surface area contributed by atoms with Gasteiger partial charge in [-0.2, -0.15) is 0 Å². The summed E-state index contributed by atoms with van der Waals surface area (Å²) >= 11 is 0. The smallest absolute Gasteiger partial charge is 0.118 e. The van der Waals surface area contributed by atoms with Crippen molar-refractivity contribution in [1.82, 2.24) is 0 Å². The van der Waals surface area contributed by atoms with Crippen LogP contribution in [0.2, 0.25) is 0 Å². The van der Waals surface area contributed by atoms with Crippen LogP contribution in [0.5, 0.6) is 11.5 Å². The van der Waals surface area contributed by atoms with Gasteiger partial charge >= 0.3 is 0 Å². The zero-order valence-electron chi connectivity index (χ0n) is 16.9. The standard InChI is InChI=1S/2C8H10O.C6H13P.ClH.Cr/c2*1-6-3-4-8(9)7(2)5-6;7-6-4-2-1-3-5-6;;/h2*3-5,9H,1-2H3;6H,1-5,7H2;1H;. The van der Waals surface area contributed by atoms with E-state index in [1.165, 1.54) is 43.2 Å². The number of aryl methyl sites for hydroxylation is 4. The summed E-state index contributed by atoms with van der Waals surface area (Å²) in [7, 11) is 2.91. The molecule has 2 aromatic rings. The van der Waals surface area contributed by atoms with Crippen LogP contribution >= 0.6 is 21.6 Å². The van der Waals surface area contributed by atoms with Crippen LogP contribution in [-0.2, 0) is 17.4 Å². The zero-order valence-corrected chi connectivity index (χ0v) is 20.1. The van der Waals surface area contributed by atoms with Gasteiger partial charge in [0.05, 0.1) is 0 Å². The largest absolute Gasteiger partial charge is 0.508 e. The van der Waals surface area contributed by atoms with Gasteiger partial charge in [-0.3, -0.25) is 0 Å². The number of aromatic hydroxyl groups is 2. The van der Waals surface area contributed by atoms with Gasteiger partial charge < -0.3 is 10.2 Å². The molecule has 152 valence electrons. The van der Waals surface area contributed by atoms with Crippen molar-refractivity contribution >= 4 is 21.6 Å². The molecule has 1 aliphatic rings. The molecule has 0 bridgehead atoms. The number of phenols is 2. The molecule has 3 rings (SSSR count). The molecule has 0 spiro atoms. The van der Waals surface area contributed by atoms with Gasteiger partial charge in [-0.05, 0) is 69.5 Å². The summed E-state index contributed by atoms with van der Waals surface area (Å²) < 4.78 is 0. The summed E-state index contributed by atoms with van der Waals surface area (Å²) in [5.74, 6) is 0.751. The molecule has 0 saturated heterocycles. The van der Waals surface area contributed by atoms with Gasteiger partial charge in [-0.15, -0.1) is 21.6 Å². The molecule has 5 heteroatoms. The molecule has 0 heterocycles. The van der Waals surface area contributed by atoms with E-state index in [0.29, 0.717) is 11.5 Å². The second-order valence-corrected chi connectivity index (χ2v) is 7.92. The van der Waals surface area contributed by atoms with Gasteiger partial charge in [0.15, 0.2) is 0 Å². The van der Waals surface area contributed by atoms with Crippen molar-refractivity contribution in [2.45, 2.75) is 65.5 Å². The van der Waals surface area contributed by atoms with Crippen molar-refractivity contribution in [2.24, 2.45) is 0 Å². The van der Waals surface area contributed by atoms with Gasteiger partial charge in [-0.25, -0.2) is 0 Å². The van der Waals surface area contributed by atoms with Crippen molar-refractivity contribution in [3.05, 3.63) is 58.7 Å². The third-order valence-electron chi connectivity index (χ3n) is 4.35.